The number of methoxy groups -OCH3 is 1. The third-order valence-electron chi connectivity index (χ3n) is 8.73. The van der Waals surface area contributed by atoms with E-state index < -0.39 is 5.97 Å². The van der Waals surface area contributed by atoms with Gasteiger partial charge in [-0.05, 0) is 48.4 Å². The molecular weight excluding hydrogens is 452 g/mol. The minimum absolute atomic E-state index is 0.177. The van der Waals surface area contributed by atoms with Gasteiger partial charge < -0.3 is 19.3 Å². The second-order valence-corrected chi connectivity index (χ2v) is 11.1. The first kappa shape index (κ1) is 23.1. The number of carboxylic acid groups (broad SMARTS) is 1. The van der Waals surface area contributed by atoms with Crippen LogP contribution in [0.3, 0.4) is 0 Å². The van der Waals surface area contributed by atoms with Crippen LogP contribution in [0.2, 0.25) is 0 Å². The first-order valence-electron chi connectivity index (χ1n) is 13.3. The molecule has 0 radical (unpaired) electrons. The van der Waals surface area contributed by atoms with Crippen LogP contribution in [-0.2, 0) is 21.5 Å². The van der Waals surface area contributed by atoms with Gasteiger partial charge >= 0.3 is 11.9 Å². The van der Waals surface area contributed by atoms with Crippen LogP contribution in [0, 0.1) is 0 Å². The van der Waals surface area contributed by atoms with Gasteiger partial charge in [0.25, 0.3) is 0 Å². The molecule has 6 nitrogen and oxygen atoms in total. The van der Waals surface area contributed by atoms with Gasteiger partial charge in [0.05, 0.1) is 24.8 Å². The zero-order valence-electron chi connectivity index (χ0n) is 21.2. The highest BCUT2D eigenvalue weighted by Crippen LogP contribution is 2.52. The second-order valence-electron chi connectivity index (χ2n) is 11.1. The highest BCUT2D eigenvalue weighted by molar-refractivity contribution is 6.00. The minimum Gasteiger partial charge on any atom is -0.478 e. The summed E-state index contributed by atoms with van der Waals surface area (Å²) in [4.78, 5) is 26.7. The molecule has 1 aromatic heterocycles. The fourth-order valence-corrected chi connectivity index (χ4v) is 7.14. The predicted octanol–water partition coefficient (Wildman–Crippen LogP) is 6.10. The van der Waals surface area contributed by atoms with E-state index in [1.54, 1.807) is 6.07 Å². The lowest BCUT2D eigenvalue weighted by molar-refractivity contribution is -0.141. The van der Waals surface area contributed by atoms with Gasteiger partial charge in [0.1, 0.15) is 0 Å². The number of anilines is 1. The number of hydrogen-bond donors (Lipinski definition) is 1. The Morgan fingerprint density at radius 1 is 1.08 bits per heavy atom. The molecule has 1 aliphatic carbocycles. The molecule has 2 aromatic carbocycles. The summed E-state index contributed by atoms with van der Waals surface area (Å²) in [7, 11) is 1.46. The number of carbonyl (C=O) groups is 2. The van der Waals surface area contributed by atoms with Gasteiger partial charge in [0.2, 0.25) is 0 Å². The van der Waals surface area contributed by atoms with Gasteiger partial charge in [-0.25, -0.2) is 4.79 Å². The number of aromatic nitrogens is 1. The van der Waals surface area contributed by atoms with Crippen molar-refractivity contribution in [1.82, 2.24) is 4.57 Å². The zero-order valence-corrected chi connectivity index (χ0v) is 21.2. The number of carboxylic acids is 1. The van der Waals surface area contributed by atoms with Crippen molar-refractivity contribution in [3.05, 3.63) is 53.1 Å². The Labute approximate surface area is 211 Å². The Hall–Kier alpha value is -3.28. The van der Waals surface area contributed by atoms with Crippen LogP contribution in [0.4, 0.5) is 5.69 Å². The normalized spacial score (nSPS) is 21.6. The molecule has 0 unspecified atom stereocenters. The lowest BCUT2D eigenvalue weighted by Gasteiger charge is -2.29. The van der Waals surface area contributed by atoms with Crippen LogP contribution < -0.4 is 4.90 Å². The molecule has 3 aromatic rings. The first-order valence-corrected chi connectivity index (χ1v) is 13.3. The summed E-state index contributed by atoms with van der Waals surface area (Å²) in [5.41, 5.74) is 7.38. The molecular formula is C30H34N2O4. The molecule has 2 aliphatic heterocycles. The van der Waals surface area contributed by atoms with Crippen LogP contribution in [-0.4, -0.2) is 41.8 Å². The number of aryl methyl sites for hydroxylation is 1. The number of carbonyl (C=O) groups excluding carboxylic acids is 1. The fraction of sp³-hybridized carbons (Fsp3) is 0.467. The van der Waals surface area contributed by atoms with Crippen LogP contribution >= 0.6 is 0 Å². The average molecular weight is 487 g/mol. The molecule has 188 valence electrons. The molecule has 3 heterocycles. The summed E-state index contributed by atoms with van der Waals surface area (Å²) in [5, 5.41) is 10.9. The number of ether oxygens (including phenoxy) is 1. The SMILES string of the molecule is COC(=O)C[C@]1(C)CN2CCCn3c(c(C4CCCCC4)c4ccc(C(=O)O)cc43)-c3cccc1c32. The molecule has 0 amide bonds. The number of benzene rings is 2. The van der Waals surface area contributed by atoms with E-state index in [0.29, 0.717) is 17.9 Å². The lowest BCUT2D eigenvalue weighted by atomic mass is 9.79. The molecule has 6 rings (SSSR count). The minimum atomic E-state index is -0.886. The van der Waals surface area contributed by atoms with Gasteiger partial charge in [-0.3, -0.25) is 4.79 Å². The third kappa shape index (κ3) is 3.53. The second kappa shape index (κ2) is 8.68. The zero-order chi connectivity index (χ0) is 25.0. The van der Waals surface area contributed by atoms with E-state index >= 15 is 0 Å². The topological polar surface area (TPSA) is 71.8 Å². The van der Waals surface area contributed by atoms with Crippen molar-refractivity contribution in [3.8, 4) is 11.3 Å². The number of hydrogen-bond acceptors (Lipinski definition) is 4. The number of esters is 1. The summed E-state index contributed by atoms with van der Waals surface area (Å²) in [6.45, 7) is 4.73. The van der Waals surface area contributed by atoms with Crippen molar-refractivity contribution in [2.75, 3.05) is 25.1 Å². The standard InChI is InChI=1S/C30H34N2O4/c1-30(17-25(33)36-2)18-31-14-7-15-32-24-16-20(29(34)35)12-13-21(24)26(19-8-4-3-5-9-19)28(32)22-10-6-11-23(30)27(22)31/h6,10-13,16,19H,3-5,7-9,14-15,17-18H2,1-2H3,(H,34,35)/t30-/m1/s1. The highest BCUT2D eigenvalue weighted by atomic mass is 16.5. The largest absolute Gasteiger partial charge is 0.478 e. The highest BCUT2D eigenvalue weighted by Gasteiger charge is 2.43. The maximum Gasteiger partial charge on any atom is 0.335 e. The van der Waals surface area contributed by atoms with E-state index in [4.69, 9.17) is 4.74 Å². The van der Waals surface area contributed by atoms with Crippen LogP contribution in [0.25, 0.3) is 22.2 Å². The van der Waals surface area contributed by atoms with Crippen LogP contribution in [0.1, 0.15) is 79.3 Å². The number of fused-ring (bicyclic) bond motifs is 4. The number of para-hydroxylation sites is 1. The van der Waals surface area contributed by atoms with Gasteiger partial charge in [0.15, 0.2) is 0 Å². The maximum absolute atomic E-state index is 12.4. The molecule has 1 saturated carbocycles. The summed E-state index contributed by atoms with van der Waals surface area (Å²) in [6, 6.07) is 12.2. The van der Waals surface area contributed by atoms with Crippen LogP contribution in [0.5, 0.6) is 0 Å². The van der Waals surface area contributed by atoms with Crippen molar-refractivity contribution in [2.45, 2.75) is 69.7 Å². The Morgan fingerprint density at radius 2 is 1.89 bits per heavy atom. The monoisotopic (exact) mass is 486 g/mol. The van der Waals surface area contributed by atoms with Crippen molar-refractivity contribution in [1.29, 1.82) is 0 Å². The van der Waals surface area contributed by atoms with Gasteiger partial charge in [-0.15, -0.1) is 0 Å². The van der Waals surface area contributed by atoms with Crippen molar-refractivity contribution in [3.63, 3.8) is 0 Å². The van der Waals surface area contributed by atoms with Gasteiger partial charge in [-0.2, -0.15) is 0 Å². The van der Waals surface area contributed by atoms with E-state index in [1.807, 2.05) is 12.1 Å². The van der Waals surface area contributed by atoms with E-state index in [9.17, 15) is 14.7 Å². The molecule has 0 bridgehead atoms. The van der Waals surface area contributed by atoms with Crippen molar-refractivity contribution in [2.24, 2.45) is 0 Å². The number of rotatable bonds is 4. The first-order chi connectivity index (χ1) is 17.4. The van der Waals surface area contributed by atoms with E-state index in [1.165, 1.54) is 72.7 Å². The lowest BCUT2D eigenvalue weighted by Crippen LogP contribution is -2.34. The quantitative estimate of drug-likeness (QED) is 0.451. The van der Waals surface area contributed by atoms with Gasteiger partial charge in [0, 0.05) is 47.2 Å². The Balaban J connectivity index is 1.63. The van der Waals surface area contributed by atoms with Crippen LogP contribution in [0.15, 0.2) is 36.4 Å². The summed E-state index contributed by atoms with van der Waals surface area (Å²) >= 11 is 0. The number of aromatic carboxylic acids is 1. The van der Waals surface area contributed by atoms with Crippen molar-refractivity contribution >= 4 is 28.5 Å². The van der Waals surface area contributed by atoms with Crippen molar-refractivity contribution < 1.29 is 19.4 Å². The Kier molecular flexibility index (Phi) is 5.58. The molecule has 0 saturated heterocycles. The Bertz CT molecular complexity index is 1370. The van der Waals surface area contributed by atoms with E-state index in [-0.39, 0.29) is 11.4 Å². The number of nitrogens with zero attached hydrogens (tertiary/aromatic N) is 2. The van der Waals surface area contributed by atoms with Gasteiger partial charge in [-0.1, -0.05) is 50.5 Å². The summed E-state index contributed by atoms with van der Waals surface area (Å²) < 4.78 is 7.47. The predicted molar refractivity (Wildman–Crippen MR) is 141 cm³/mol. The molecule has 6 heteroatoms. The molecule has 1 atom stereocenters. The maximum atomic E-state index is 12.4. The fourth-order valence-electron chi connectivity index (χ4n) is 7.14. The molecule has 3 aliphatic rings. The third-order valence-corrected chi connectivity index (χ3v) is 8.73. The molecule has 36 heavy (non-hydrogen) atoms. The Morgan fingerprint density at radius 3 is 2.64 bits per heavy atom. The summed E-state index contributed by atoms with van der Waals surface area (Å²) in [6.07, 6.45) is 7.42. The smallest absolute Gasteiger partial charge is 0.335 e. The van der Waals surface area contributed by atoms with E-state index in [2.05, 4.69) is 34.6 Å². The average Bonchev–Trinajstić information content (AvgIpc) is 3.34. The van der Waals surface area contributed by atoms with E-state index in [0.717, 1.165) is 31.6 Å². The molecule has 1 fully saturated rings. The molecule has 1 N–H and O–H groups in total. The summed E-state index contributed by atoms with van der Waals surface area (Å²) in [5.74, 6) is -0.591. The molecule has 0 spiro atoms.